The maximum Gasteiger partial charge on any atom is 0.171 e. The van der Waals surface area contributed by atoms with E-state index in [1.807, 2.05) is 13.8 Å². The smallest absolute Gasteiger partial charge is 0.171 e. The van der Waals surface area contributed by atoms with Gasteiger partial charge in [0.2, 0.25) is 0 Å². The Kier molecular flexibility index (Phi) is 5.93. The summed E-state index contributed by atoms with van der Waals surface area (Å²) >= 11 is 3.00. The number of carbonyl (C=O) groups is 1. The molecule has 0 aliphatic heterocycles. The van der Waals surface area contributed by atoms with Crippen molar-refractivity contribution in [3.8, 4) is 0 Å². The zero-order valence-electron chi connectivity index (χ0n) is 10.6. The Hall–Kier alpha value is -0.770. The second-order valence-corrected chi connectivity index (χ2v) is 5.30. The number of hydrogen-bond donors (Lipinski definition) is 0. The van der Waals surface area contributed by atoms with Gasteiger partial charge in [-0.25, -0.2) is 8.78 Å². The lowest BCUT2D eigenvalue weighted by Gasteiger charge is -2.15. The molecule has 1 aromatic rings. The fourth-order valence-corrected chi connectivity index (χ4v) is 2.49. The van der Waals surface area contributed by atoms with Gasteiger partial charge >= 0.3 is 0 Å². The fraction of sp³-hybridized carbons (Fsp3) is 0.500. The van der Waals surface area contributed by atoms with E-state index in [2.05, 4.69) is 15.9 Å². The highest BCUT2D eigenvalue weighted by molar-refractivity contribution is 9.10. The van der Waals surface area contributed by atoms with Crippen LogP contribution in [0.1, 0.15) is 49.9 Å². The maximum absolute atomic E-state index is 13.7. The molecular formula is C14H17BrF2O. The summed E-state index contributed by atoms with van der Waals surface area (Å²) in [7, 11) is 0. The average molecular weight is 319 g/mol. The molecule has 4 heteroatoms. The van der Waals surface area contributed by atoms with Crippen molar-refractivity contribution < 1.29 is 13.6 Å². The Morgan fingerprint density at radius 2 is 1.61 bits per heavy atom. The lowest BCUT2D eigenvalue weighted by molar-refractivity contribution is 0.0896. The van der Waals surface area contributed by atoms with Gasteiger partial charge in [-0.1, -0.05) is 42.6 Å². The highest BCUT2D eigenvalue weighted by Crippen LogP contribution is 2.25. The maximum atomic E-state index is 13.7. The Labute approximate surface area is 115 Å². The Morgan fingerprint density at radius 3 is 2.00 bits per heavy atom. The van der Waals surface area contributed by atoms with Gasteiger partial charge in [0.05, 0.1) is 5.56 Å². The van der Waals surface area contributed by atoms with Gasteiger partial charge in [-0.2, -0.15) is 0 Å². The molecule has 0 bridgehead atoms. The van der Waals surface area contributed by atoms with Crippen LogP contribution in [0.25, 0.3) is 0 Å². The molecule has 0 amide bonds. The Bertz CT molecular complexity index is 403. The van der Waals surface area contributed by atoms with E-state index < -0.39 is 23.0 Å². The zero-order chi connectivity index (χ0) is 13.7. The highest BCUT2D eigenvalue weighted by Gasteiger charge is 2.25. The Morgan fingerprint density at radius 1 is 1.17 bits per heavy atom. The van der Waals surface area contributed by atoms with Crippen molar-refractivity contribution in [1.29, 1.82) is 0 Å². The van der Waals surface area contributed by atoms with Crippen LogP contribution in [0.2, 0.25) is 0 Å². The second-order valence-electron chi connectivity index (χ2n) is 4.38. The Balaban J connectivity index is 3.08. The molecule has 1 nitrogen and oxygen atoms in total. The molecule has 1 aromatic carbocycles. The van der Waals surface area contributed by atoms with E-state index in [0.29, 0.717) is 17.3 Å². The summed E-state index contributed by atoms with van der Waals surface area (Å²) in [6, 6.07) is 2.26. The van der Waals surface area contributed by atoms with Crippen molar-refractivity contribution in [2.45, 2.75) is 39.5 Å². The zero-order valence-corrected chi connectivity index (χ0v) is 12.2. The minimum atomic E-state index is -0.788. The van der Waals surface area contributed by atoms with Crippen LogP contribution in [0.4, 0.5) is 8.78 Å². The van der Waals surface area contributed by atoms with Gasteiger partial charge in [-0.3, -0.25) is 4.79 Å². The topological polar surface area (TPSA) is 17.1 Å². The van der Waals surface area contributed by atoms with Gasteiger partial charge < -0.3 is 0 Å². The van der Waals surface area contributed by atoms with E-state index >= 15 is 0 Å². The number of carbonyl (C=O) groups excluding carboxylic acids is 1. The molecule has 18 heavy (non-hydrogen) atoms. The molecular weight excluding hydrogens is 302 g/mol. The molecule has 0 saturated carbocycles. The summed E-state index contributed by atoms with van der Waals surface area (Å²) < 4.78 is 27.7. The summed E-state index contributed by atoms with van der Waals surface area (Å²) in [5, 5.41) is 0. The lowest BCUT2D eigenvalue weighted by atomic mass is 9.89. The molecule has 0 aliphatic rings. The number of hydrogen-bond acceptors (Lipinski definition) is 1. The van der Waals surface area contributed by atoms with Crippen LogP contribution in [0, 0.1) is 17.6 Å². The van der Waals surface area contributed by atoms with Gasteiger partial charge in [0.15, 0.2) is 5.78 Å². The number of halogens is 3. The van der Waals surface area contributed by atoms with Gasteiger partial charge in [0.25, 0.3) is 0 Å². The van der Waals surface area contributed by atoms with Gasteiger partial charge in [-0.15, -0.1) is 0 Å². The van der Waals surface area contributed by atoms with Crippen LogP contribution in [-0.4, -0.2) is 5.78 Å². The summed E-state index contributed by atoms with van der Waals surface area (Å²) in [6.07, 6.45) is 3.00. The van der Waals surface area contributed by atoms with Crippen LogP contribution in [0.15, 0.2) is 16.6 Å². The van der Waals surface area contributed by atoms with Crippen LogP contribution in [-0.2, 0) is 0 Å². The fourth-order valence-electron chi connectivity index (χ4n) is 2.09. The third kappa shape index (κ3) is 3.61. The molecule has 0 aromatic heterocycles. The van der Waals surface area contributed by atoms with Crippen LogP contribution in [0.5, 0.6) is 0 Å². The third-order valence-electron chi connectivity index (χ3n) is 2.90. The molecule has 0 spiro atoms. The summed E-state index contributed by atoms with van der Waals surface area (Å²) in [5.41, 5.74) is -0.398. The van der Waals surface area contributed by atoms with E-state index in [-0.39, 0.29) is 5.92 Å². The summed E-state index contributed by atoms with van der Waals surface area (Å²) in [4.78, 5) is 12.2. The van der Waals surface area contributed by atoms with Crippen molar-refractivity contribution in [2.24, 2.45) is 5.92 Å². The van der Waals surface area contributed by atoms with Crippen molar-refractivity contribution in [2.75, 3.05) is 0 Å². The first-order valence-electron chi connectivity index (χ1n) is 6.20. The molecule has 0 aliphatic carbocycles. The standard InChI is InChI=1S/C14H17BrF2O/c1-3-5-9(6-4-2)14(18)13-11(16)7-10(15)8-12(13)17/h7-9H,3-6H2,1-2H3. The van der Waals surface area contributed by atoms with Crippen molar-refractivity contribution in [3.05, 3.63) is 33.8 Å². The molecule has 0 heterocycles. The first-order chi connectivity index (χ1) is 8.51. The molecule has 1 rings (SSSR count). The van der Waals surface area contributed by atoms with Crippen LogP contribution >= 0.6 is 15.9 Å². The SMILES string of the molecule is CCCC(CCC)C(=O)c1c(F)cc(Br)cc1F. The minimum absolute atomic E-state index is 0.287. The molecule has 0 unspecified atom stereocenters. The van der Waals surface area contributed by atoms with E-state index in [1.54, 1.807) is 0 Å². The molecule has 0 saturated heterocycles. The van der Waals surface area contributed by atoms with E-state index in [9.17, 15) is 13.6 Å². The van der Waals surface area contributed by atoms with Gasteiger partial charge in [0, 0.05) is 10.4 Å². The van der Waals surface area contributed by atoms with Crippen LogP contribution < -0.4 is 0 Å². The number of rotatable bonds is 6. The van der Waals surface area contributed by atoms with E-state index in [4.69, 9.17) is 0 Å². The van der Waals surface area contributed by atoms with Gasteiger partial charge in [-0.05, 0) is 25.0 Å². The quantitative estimate of drug-likeness (QED) is 0.665. The third-order valence-corrected chi connectivity index (χ3v) is 3.36. The molecule has 100 valence electrons. The first kappa shape index (κ1) is 15.3. The summed E-state index contributed by atoms with van der Waals surface area (Å²) in [6.45, 7) is 3.93. The normalized spacial score (nSPS) is 11.0. The average Bonchev–Trinajstić information content (AvgIpc) is 2.27. The largest absolute Gasteiger partial charge is 0.294 e. The second kappa shape index (κ2) is 6.98. The van der Waals surface area contributed by atoms with Crippen LogP contribution in [0.3, 0.4) is 0 Å². The number of ketones is 1. The number of benzene rings is 1. The van der Waals surface area contributed by atoms with Crippen molar-refractivity contribution in [1.82, 2.24) is 0 Å². The molecule has 0 atom stereocenters. The minimum Gasteiger partial charge on any atom is -0.294 e. The molecule has 0 fully saturated rings. The van der Waals surface area contributed by atoms with E-state index in [1.165, 1.54) is 0 Å². The first-order valence-corrected chi connectivity index (χ1v) is 6.99. The van der Waals surface area contributed by atoms with E-state index in [0.717, 1.165) is 25.0 Å². The molecule has 0 N–H and O–H groups in total. The summed E-state index contributed by atoms with van der Waals surface area (Å²) in [5.74, 6) is -2.28. The van der Waals surface area contributed by atoms with Crippen molar-refractivity contribution >= 4 is 21.7 Å². The predicted molar refractivity (Wildman–Crippen MR) is 71.7 cm³/mol. The molecule has 0 radical (unpaired) electrons. The highest BCUT2D eigenvalue weighted by atomic mass is 79.9. The van der Waals surface area contributed by atoms with Gasteiger partial charge in [0.1, 0.15) is 11.6 Å². The number of Topliss-reactive ketones (excluding diaryl/α,β-unsaturated/α-hetero) is 1. The van der Waals surface area contributed by atoms with Crippen molar-refractivity contribution in [3.63, 3.8) is 0 Å². The monoisotopic (exact) mass is 318 g/mol. The lowest BCUT2D eigenvalue weighted by Crippen LogP contribution is -2.18. The predicted octanol–water partition coefficient (Wildman–Crippen LogP) is 5.13.